The summed E-state index contributed by atoms with van der Waals surface area (Å²) in [6.45, 7) is 6.95. The van der Waals surface area contributed by atoms with Crippen LogP contribution in [0.5, 0.6) is 0 Å². The van der Waals surface area contributed by atoms with Gasteiger partial charge >= 0.3 is 0 Å². The predicted molar refractivity (Wildman–Crippen MR) is 122 cm³/mol. The van der Waals surface area contributed by atoms with Gasteiger partial charge in [-0.25, -0.2) is 9.97 Å². The summed E-state index contributed by atoms with van der Waals surface area (Å²) in [5.74, 6) is 1.55. The Morgan fingerprint density at radius 2 is 2.00 bits per heavy atom. The van der Waals surface area contributed by atoms with Crippen LogP contribution in [0.4, 0.5) is 11.5 Å². The number of benzene rings is 1. The van der Waals surface area contributed by atoms with Crippen LogP contribution in [0.3, 0.4) is 0 Å². The van der Waals surface area contributed by atoms with Crippen LogP contribution in [0.15, 0.2) is 30.6 Å². The Balaban J connectivity index is 1.52. The zero-order valence-corrected chi connectivity index (χ0v) is 18.4. The van der Waals surface area contributed by atoms with Crippen LogP contribution >= 0.6 is 0 Å². The highest BCUT2D eigenvalue weighted by atomic mass is 16.5. The number of morpholine rings is 1. The van der Waals surface area contributed by atoms with Gasteiger partial charge in [-0.3, -0.25) is 4.79 Å². The molecule has 6 rings (SSSR count). The zero-order valence-electron chi connectivity index (χ0n) is 18.4. The molecular weight excluding hydrogens is 406 g/mol. The first-order chi connectivity index (χ1) is 15.6. The Labute approximate surface area is 186 Å². The molecule has 32 heavy (non-hydrogen) atoms. The molecule has 2 aromatic heterocycles. The summed E-state index contributed by atoms with van der Waals surface area (Å²) in [6, 6.07) is 6.32. The van der Waals surface area contributed by atoms with Crippen molar-refractivity contribution in [2.45, 2.75) is 38.3 Å². The fourth-order valence-corrected chi connectivity index (χ4v) is 5.30. The number of carbonyl (C=O) groups is 1. The highest BCUT2D eigenvalue weighted by Gasteiger charge is 2.52. The molecular formula is C24H27N5O3. The van der Waals surface area contributed by atoms with Gasteiger partial charge in [-0.05, 0) is 38.3 Å². The number of aryl methyl sites for hydroxylation is 1. The lowest BCUT2D eigenvalue weighted by molar-refractivity contribution is -0.128. The molecule has 1 amide bonds. The van der Waals surface area contributed by atoms with E-state index in [9.17, 15) is 4.79 Å². The molecule has 3 aromatic rings. The normalized spacial score (nSPS) is 24.0. The van der Waals surface area contributed by atoms with Gasteiger partial charge in [0.25, 0.3) is 5.91 Å². The van der Waals surface area contributed by atoms with Crippen molar-refractivity contribution in [3.05, 3.63) is 36.2 Å². The number of aromatic amines is 1. The fourth-order valence-electron chi connectivity index (χ4n) is 5.30. The summed E-state index contributed by atoms with van der Waals surface area (Å²) >= 11 is 0. The molecule has 0 unspecified atom stereocenters. The molecule has 8 heteroatoms. The molecule has 0 bridgehead atoms. The SMILES string of the molecule is Cc1ccc(-c2ncc3c(n2)N2CCOC[C@@]2(C)C(=O)N3C2CCOCC2)c2cc[nH]c12. The molecule has 5 heterocycles. The number of anilines is 2. The van der Waals surface area contributed by atoms with E-state index in [4.69, 9.17) is 19.4 Å². The Morgan fingerprint density at radius 3 is 2.84 bits per heavy atom. The maximum absolute atomic E-state index is 13.8. The van der Waals surface area contributed by atoms with Gasteiger partial charge in [0, 0.05) is 48.5 Å². The minimum Gasteiger partial charge on any atom is -0.381 e. The predicted octanol–water partition coefficient (Wildman–Crippen LogP) is 3.05. The van der Waals surface area contributed by atoms with Crippen LogP contribution in [-0.2, 0) is 14.3 Å². The highest BCUT2D eigenvalue weighted by molar-refractivity contribution is 6.08. The Morgan fingerprint density at radius 1 is 1.16 bits per heavy atom. The molecule has 0 spiro atoms. The third-order valence-electron chi connectivity index (χ3n) is 7.11. The average Bonchev–Trinajstić information content (AvgIpc) is 3.31. The lowest BCUT2D eigenvalue weighted by Crippen LogP contribution is -2.69. The van der Waals surface area contributed by atoms with Gasteiger partial charge in [0.1, 0.15) is 11.2 Å². The van der Waals surface area contributed by atoms with Gasteiger partial charge in [-0.2, -0.15) is 0 Å². The summed E-state index contributed by atoms with van der Waals surface area (Å²) in [6.07, 6.45) is 5.40. The van der Waals surface area contributed by atoms with E-state index in [0.29, 0.717) is 38.8 Å². The number of nitrogens with one attached hydrogen (secondary N) is 1. The molecule has 3 aliphatic rings. The number of aromatic nitrogens is 3. The van der Waals surface area contributed by atoms with Gasteiger partial charge in [-0.1, -0.05) is 12.1 Å². The number of rotatable bonds is 2. The van der Waals surface area contributed by atoms with Crippen molar-refractivity contribution in [3.63, 3.8) is 0 Å². The Hall–Kier alpha value is -2.97. The number of H-pyrrole nitrogens is 1. The first-order valence-electron chi connectivity index (χ1n) is 11.3. The molecule has 2 saturated heterocycles. The summed E-state index contributed by atoms with van der Waals surface area (Å²) in [4.78, 5) is 31.0. The van der Waals surface area contributed by atoms with Crippen LogP contribution in [0.25, 0.3) is 22.3 Å². The minimum atomic E-state index is -0.772. The number of hydrogen-bond donors (Lipinski definition) is 1. The topological polar surface area (TPSA) is 83.6 Å². The first-order valence-corrected chi connectivity index (χ1v) is 11.3. The molecule has 3 aliphatic heterocycles. The van der Waals surface area contributed by atoms with E-state index in [1.54, 1.807) is 0 Å². The summed E-state index contributed by atoms with van der Waals surface area (Å²) in [5, 5.41) is 1.10. The van der Waals surface area contributed by atoms with Crippen LogP contribution in [0.1, 0.15) is 25.3 Å². The van der Waals surface area contributed by atoms with Crippen molar-refractivity contribution >= 4 is 28.3 Å². The van der Waals surface area contributed by atoms with Crippen molar-refractivity contribution in [1.29, 1.82) is 0 Å². The third-order valence-corrected chi connectivity index (χ3v) is 7.11. The van der Waals surface area contributed by atoms with E-state index < -0.39 is 5.54 Å². The molecule has 0 saturated carbocycles. The second kappa shape index (κ2) is 7.28. The van der Waals surface area contributed by atoms with E-state index in [1.165, 1.54) is 5.56 Å². The number of carbonyl (C=O) groups excluding carboxylic acids is 1. The van der Waals surface area contributed by atoms with Crippen LogP contribution in [-0.4, -0.2) is 65.4 Å². The van der Waals surface area contributed by atoms with Crippen molar-refractivity contribution in [3.8, 4) is 11.4 Å². The molecule has 1 atom stereocenters. The summed E-state index contributed by atoms with van der Waals surface area (Å²) in [5.41, 5.74) is 3.29. The molecule has 166 valence electrons. The van der Waals surface area contributed by atoms with E-state index in [0.717, 1.165) is 40.8 Å². The van der Waals surface area contributed by atoms with E-state index in [1.807, 2.05) is 24.2 Å². The van der Waals surface area contributed by atoms with Crippen LogP contribution in [0.2, 0.25) is 0 Å². The zero-order chi connectivity index (χ0) is 21.9. The monoisotopic (exact) mass is 433 g/mol. The van der Waals surface area contributed by atoms with Gasteiger partial charge in [0.15, 0.2) is 11.6 Å². The van der Waals surface area contributed by atoms with Crippen LogP contribution in [0, 0.1) is 6.92 Å². The van der Waals surface area contributed by atoms with Crippen LogP contribution < -0.4 is 9.80 Å². The maximum atomic E-state index is 13.8. The average molecular weight is 434 g/mol. The molecule has 1 aromatic carbocycles. The quantitative estimate of drug-likeness (QED) is 0.669. The summed E-state index contributed by atoms with van der Waals surface area (Å²) in [7, 11) is 0. The fraction of sp³-hybridized carbons (Fsp3) is 0.458. The van der Waals surface area contributed by atoms with Gasteiger partial charge < -0.3 is 24.3 Å². The number of nitrogens with zero attached hydrogens (tertiary/aromatic N) is 4. The van der Waals surface area contributed by atoms with Crippen molar-refractivity contribution in [2.24, 2.45) is 0 Å². The standard InChI is InChI=1S/C24H27N5O3/c1-15-3-4-18(17-5-8-25-20(15)17)21-26-13-19-22(27-21)28-9-12-32-14-24(28,2)23(30)29(19)16-6-10-31-11-7-16/h3-5,8,13,16,25H,6-7,9-12,14H2,1-2H3/t24-/m0/s1. The van der Waals surface area contributed by atoms with Crippen molar-refractivity contribution < 1.29 is 14.3 Å². The van der Waals surface area contributed by atoms with E-state index in [2.05, 4.69) is 35.0 Å². The largest absolute Gasteiger partial charge is 0.381 e. The van der Waals surface area contributed by atoms with Gasteiger partial charge in [0.2, 0.25) is 0 Å². The van der Waals surface area contributed by atoms with Crippen molar-refractivity contribution in [1.82, 2.24) is 15.0 Å². The number of hydrogen-bond acceptors (Lipinski definition) is 6. The second-order valence-corrected chi connectivity index (χ2v) is 9.10. The Bertz CT molecular complexity index is 1200. The molecule has 2 fully saturated rings. The highest BCUT2D eigenvalue weighted by Crippen LogP contribution is 2.43. The minimum absolute atomic E-state index is 0.0660. The number of amides is 1. The van der Waals surface area contributed by atoms with E-state index >= 15 is 0 Å². The lowest BCUT2D eigenvalue weighted by atomic mass is 9.91. The lowest BCUT2D eigenvalue weighted by Gasteiger charge is -2.52. The molecule has 0 aliphatic carbocycles. The maximum Gasteiger partial charge on any atom is 0.255 e. The number of ether oxygens (including phenoxy) is 2. The molecule has 0 radical (unpaired) electrons. The van der Waals surface area contributed by atoms with Gasteiger partial charge in [0.05, 0.1) is 19.4 Å². The van der Waals surface area contributed by atoms with E-state index in [-0.39, 0.29) is 11.9 Å². The Kier molecular flexibility index (Phi) is 4.48. The number of fused-ring (bicyclic) bond motifs is 4. The summed E-state index contributed by atoms with van der Waals surface area (Å²) < 4.78 is 11.3. The smallest absolute Gasteiger partial charge is 0.255 e. The molecule has 8 nitrogen and oxygen atoms in total. The first kappa shape index (κ1) is 19.7. The third kappa shape index (κ3) is 2.79. The second-order valence-electron chi connectivity index (χ2n) is 9.10. The van der Waals surface area contributed by atoms with Gasteiger partial charge in [-0.15, -0.1) is 0 Å². The van der Waals surface area contributed by atoms with Crippen molar-refractivity contribution in [2.75, 3.05) is 42.8 Å². The molecule has 1 N–H and O–H groups in total.